The normalized spacial score (nSPS) is 13.1. The molecule has 2 aromatic rings. The van der Waals surface area contributed by atoms with Gasteiger partial charge >= 0.3 is 0 Å². The summed E-state index contributed by atoms with van der Waals surface area (Å²) >= 11 is 12.1. The fourth-order valence-electron chi connectivity index (χ4n) is 1.96. The van der Waals surface area contributed by atoms with Crippen molar-refractivity contribution in [1.82, 2.24) is 0 Å². The molecule has 20 heavy (non-hydrogen) atoms. The van der Waals surface area contributed by atoms with Gasteiger partial charge in [-0.1, -0.05) is 29.3 Å². The van der Waals surface area contributed by atoms with E-state index in [2.05, 4.69) is 5.32 Å². The molecule has 0 amide bonds. The van der Waals surface area contributed by atoms with Crippen molar-refractivity contribution < 1.29 is 9.47 Å². The largest absolute Gasteiger partial charge is 0.486 e. The van der Waals surface area contributed by atoms with Crippen LogP contribution in [0.5, 0.6) is 11.5 Å². The Kier molecular flexibility index (Phi) is 3.51. The van der Waals surface area contributed by atoms with E-state index in [1.807, 2.05) is 12.1 Å². The fourth-order valence-corrected chi connectivity index (χ4v) is 2.31. The lowest BCUT2D eigenvalue weighted by atomic mass is 10.2. The van der Waals surface area contributed by atoms with Crippen LogP contribution in [-0.2, 0) is 0 Å². The molecule has 0 saturated carbocycles. The van der Waals surface area contributed by atoms with E-state index in [0.717, 1.165) is 0 Å². The highest BCUT2D eigenvalue weighted by molar-refractivity contribution is 6.43. The predicted octanol–water partition coefficient (Wildman–Crippen LogP) is 4.09. The molecule has 4 nitrogen and oxygen atoms in total. The third-order valence-electron chi connectivity index (χ3n) is 2.94. The molecule has 3 N–H and O–H groups in total. The van der Waals surface area contributed by atoms with Gasteiger partial charge in [0.25, 0.3) is 0 Å². The zero-order valence-electron chi connectivity index (χ0n) is 10.5. The van der Waals surface area contributed by atoms with Gasteiger partial charge in [0.2, 0.25) is 0 Å². The van der Waals surface area contributed by atoms with Crippen molar-refractivity contribution in [3.05, 3.63) is 40.4 Å². The molecule has 2 aromatic carbocycles. The van der Waals surface area contributed by atoms with E-state index in [1.54, 1.807) is 18.2 Å². The first-order valence-corrected chi connectivity index (χ1v) is 6.81. The predicted molar refractivity (Wildman–Crippen MR) is 81.6 cm³/mol. The first kappa shape index (κ1) is 13.2. The molecular weight excluding hydrogens is 299 g/mol. The minimum Gasteiger partial charge on any atom is -0.486 e. The number of nitrogens with two attached hydrogens (primary N) is 1. The molecule has 0 spiro atoms. The molecule has 1 aliphatic rings. The third kappa shape index (κ3) is 2.44. The third-order valence-corrected chi connectivity index (χ3v) is 3.75. The van der Waals surface area contributed by atoms with Crippen LogP contribution >= 0.6 is 23.2 Å². The van der Waals surface area contributed by atoms with E-state index >= 15 is 0 Å². The molecule has 0 aromatic heterocycles. The van der Waals surface area contributed by atoms with E-state index < -0.39 is 0 Å². The van der Waals surface area contributed by atoms with Gasteiger partial charge in [0.1, 0.15) is 13.2 Å². The summed E-state index contributed by atoms with van der Waals surface area (Å²) in [6.45, 7) is 1.05. The molecule has 3 rings (SSSR count). The van der Waals surface area contributed by atoms with Gasteiger partial charge in [-0.15, -0.1) is 0 Å². The lowest BCUT2D eigenvalue weighted by molar-refractivity contribution is 0.172. The zero-order chi connectivity index (χ0) is 14.1. The molecule has 0 atom stereocenters. The Bertz CT molecular complexity index is 662. The molecule has 1 aliphatic heterocycles. The maximum Gasteiger partial charge on any atom is 0.163 e. The Morgan fingerprint density at radius 3 is 2.45 bits per heavy atom. The highest BCUT2D eigenvalue weighted by Crippen LogP contribution is 2.39. The van der Waals surface area contributed by atoms with E-state index in [9.17, 15) is 0 Å². The standard InChI is InChI=1S/C14H12Cl2N2O2/c15-8-2-1-3-10(14(8)16)18-11-7-13-12(6-9(11)17)19-4-5-20-13/h1-3,6-7,18H,4-5,17H2. The van der Waals surface area contributed by atoms with Crippen LogP contribution in [0.1, 0.15) is 0 Å². The Morgan fingerprint density at radius 2 is 1.70 bits per heavy atom. The Labute approximate surface area is 126 Å². The fraction of sp³-hybridized carbons (Fsp3) is 0.143. The van der Waals surface area contributed by atoms with E-state index in [0.29, 0.717) is 51.8 Å². The van der Waals surface area contributed by atoms with Crippen molar-refractivity contribution in [3.63, 3.8) is 0 Å². The van der Waals surface area contributed by atoms with Crippen molar-refractivity contribution in [2.75, 3.05) is 24.3 Å². The van der Waals surface area contributed by atoms with E-state index in [-0.39, 0.29) is 0 Å². The number of anilines is 3. The monoisotopic (exact) mass is 310 g/mol. The van der Waals surface area contributed by atoms with Crippen molar-refractivity contribution in [1.29, 1.82) is 0 Å². The van der Waals surface area contributed by atoms with Gasteiger partial charge in [-0.25, -0.2) is 0 Å². The minimum atomic E-state index is 0.448. The summed E-state index contributed by atoms with van der Waals surface area (Å²) < 4.78 is 11.0. The number of benzene rings is 2. The molecule has 6 heteroatoms. The number of rotatable bonds is 2. The maximum absolute atomic E-state index is 6.15. The number of ether oxygens (including phenoxy) is 2. The first-order chi connectivity index (χ1) is 9.65. The van der Waals surface area contributed by atoms with Crippen molar-refractivity contribution in [3.8, 4) is 11.5 Å². The lowest BCUT2D eigenvalue weighted by Crippen LogP contribution is -2.15. The molecule has 0 fully saturated rings. The van der Waals surface area contributed by atoms with Crippen LogP contribution in [0.3, 0.4) is 0 Å². The molecule has 104 valence electrons. The second kappa shape index (κ2) is 5.31. The van der Waals surface area contributed by atoms with Gasteiger partial charge < -0.3 is 20.5 Å². The van der Waals surface area contributed by atoms with Crippen molar-refractivity contribution in [2.45, 2.75) is 0 Å². The van der Waals surface area contributed by atoms with Gasteiger partial charge in [-0.3, -0.25) is 0 Å². The Hall–Kier alpha value is -1.78. The van der Waals surface area contributed by atoms with Crippen molar-refractivity contribution >= 4 is 40.3 Å². The number of halogens is 2. The molecule has 0 saturated heterocycles. The van der Waals surface area contributed by atoms with E-state index in [1.165, 1.54) is 0 Å². The number of hydrogen-bond acceptors (Lipinski definition) is 4. The number of nitrogen functional groups attached to an aromatic ring is 1. The summed E-state index contributed by atoms with van der Waals surface area (Å²) in [5, 5.41) is 4.08. The van der Waals surface area contributed by atoms with Gasteiger partial charge in [-0.2, -0.15) is 0 Å². The van der Waals surface area contributed by atoms with Crippen LogP contribution in [0.2, 0.25) is 10.0 Å². The highest BCUT2D eigenvalue weighted by atomic mass is 35.5. The Morgan fingerprint density at radius 1 is 1.00 bits per heavy atom. The lowest BCUT2D eigenvalue weighted by Gasteiger charge is -2.21. The first-order valence-electron chi connectivity index (χ1n) is 6.05. The van der Waals surface area contributed by atoms with Gasteiger partial charge in [-0.05, 0) is 12.1 Å². The molecule has 0 bridgehead atoms. The zero-order valence-corrected chi connectivity index (χ0v) is 12.0. The summed E-state index contributed by atoms with van der Waals surface area (Å²) in [7, 11) is 0. The van der Waals surface area contributed by atoms with Crippen LogP contribution in [0, 0.1) is 0 Å². The van der Waals surface area contributed by atoms with Gasteiger partial charge in [0, 0.05) is 12.1 Å². The highest BCUT2D eigenvalue weighted by Gasteiger charge is 2.15. The smallest absolute Gasteiger partial charge is 0.163 e. The second-order valence-corrected chi connectivity index (χ2v) is 5.09. The van der Waals surface area contributed by atoms with Crippen LogP contribution in [0.4, 0.5) is 17.1 Å². The second-order valence-electron chi connectivity index (χ2n) is 4.31. The molecular formula is C14H12Cl2N2O2. The van der Waals surface area contributed by atoms with Crippen LogP contribution in [0.25, 0.3) is 0 Å². The summed E-state index contributed by atoms with van der Waals surface area (Å²) in [6.07, 6.45) is 0. The van der Waals surface area contributed by atoms with Crippen molar-refractivity contribution in [2.24, 2.45) is 0 Å². The number of hydrogen-bond donors (Lipinski definition) is 2. The Balaban J connectivity index is 1.96. The maximum atomic E-state index is 6.15. The van der Waals surface area contributed by atoms with Crippen LogP contribution < -0.4 is 20.5 Å². The van der Waals surface area contributed by atoms with Gasteiger partial charge in [0.15, 0.2) is 11.5 Å². The summed E-state index contributed by atoms with van der Waals surface area (Å²) in [5.41, 5.74) is 7.93. The topological polar surface area (TPSA) is 56.5 Å². The van der Waals surface area contributed by atoms with E-state index in [4.69, 9.17) is 38.4 Å². The SMILES string of the molecule is Nc1cc2c(cc1Nc1cccc(Cl)c1Cl)OCCO2. The molecule has 0 unspecified atom stereocenters. The van der Waals surface area contributed by atoms with Gasteiger partial charge in [0.05, 0.1) is 27.1 Å². The summed E-state index contributed by atoms with van der Waals surface area (Å²) in [6, 6.07) is 8.88. The average molecular weight is 311 g/mol. The number of nitrogens with one attached hydrogen (secondary N) is 1. The molecule has 0 aliphatic carbocycles. The number of fused-ring (bicyclic) bond motifs is 1. The van der Waals surface area contributed by atoms with Crippen LogP contribution in [-0.4, -0.2) is 13.2 Å². The van der Waals surface area contributed by atoms with Crippen LogP contribution in [0.15, 0.2) is 30.3 Å². The molecule has 1 heterocycles. The summed E-state index contributed by atoms with van der Waals surface area (Å²) in [4.78, 5) is 0. The quantitative estimate of drug-likeness (QED) is 0.820. The molecule has 0 radical (unpaired) electrons. The summed E-state index contributed by atoms with van der Waals surface area (Å²) in [5.74, 6) is 1.31. The average Bonchev–Trinajstić information content (AvgIpc) is 2.44. The minimum absolute atomic E-state index is 0.448.